The predicted octanol–water partition coefficient (Wildman–Crippen LogP) is 5.59. The lowest BCUT2D eigenvalue weighted by Gasteiger charge is -2.30. The van der Waals surface area contributed by atoms with Crippen molar-refractivity contribution in [3.05, 3.63) is 133 Å². The van der Waals surface area contributed by atoms with Crippen LogP contribution in [0.4, 0.5) is 5.69 Å². The van der Waals surface area contributed by atoms with Crippen molar-refractivity contribution in [3.63, 3.8) is 0 Å². The van der Waals surface area contributed by atoms with E-state index >= 15 is 0 Å². The third-order valence-corrected chi connectivity index (χ3v) is 7.30. The zero-order chi connectivity index (χ0) is 29.8. The molecule has 0 unspecified atom stereocenters. The molecule has 0 aliphatic carbocycles. The van der Waals surface area contributed by atoms with Gasteiger partial charge in [-0.1, -0.05) is 78.9 Å². The molecule has 1 aliphatic heterocycles. The van der Waals surface area contributed by atoms with Gasteiger partial charge in [0.05, 0.1) is 17.1 Å². The molecule has 1 aliphatic rings. The first-order chi connectivity index (χ1) is 21.0. The van der Waals surface area contributed by atoms with Crippen LogP contribution < -0.4 is 15.6 Å². The lowest BCUT2D eigenvalue weighted by atomic mass is 10.1. The summed E-state index contributed by atoms with van der Waals surface area (Å²) in [6.07, 6.45) is 1.11. The molecule has 210 valence electrons. The molecular formula is C34H25N5O3S. The Morgan fingerprint density at radius 3 is 1.81 bits per heavy atom. The van der Waals surface area contributed by atoms with Crippen molar-refractivity contribution < 1.29 is 14.4 Å². The number of anilines is 1. The van der Waals surface area contributed by atoms with Gasteiger partial charge in [0, 0.05) is 17.5 Å². The standard InChI is InChI=1S/C34H25N5O3S/c40-31(37-35-22-28-32(41)36-34(43)39(33(28)42)26-14-8-3-9-15-26)25-16-18-27(19-17-25)38-29(23-10-4-1-5-11-23)20-21-30(38)24-12-6-2-7-13-24/h1-22,28H,(H,37,40)(H,36,41,43)/b35-22-/t28-/m1/s1. The molecule has 2 heterocycles. The second kappa shape index (κ2) is 12.1. The lowest BCUT2D eigenvalue weighted by molar-refractivity contribution is -0.130. The molecule has 1 saturated heterocycles. The van der Waals surface area contributed by atoms with Crippen LogP contribution in [-0.2, 0) is 9.59 Å². The largest absolute Gasteiger partial charge is 0.309 e. The third kappa shape index (κ3) is 5.61. The maximum absolute atomic E-state index is 13.1. The fourth-order valence-electron chi connectivity index (χ4n) is 4.92. The Morgan fingerprint density at radius 1 is 0.721 bits per heavy atom. The van der Waals surface area contributed by atoms with E-state index in [1.165, 1.54) is 4.90 Å². The SMILES string of the molecule is O=C(N/N=C\[C@@H]1C(=O)NC(=S)N(c2ccccc2)C1=O)c1ccc(-n2c(-c3ccccc3)ccc2-c2ccccc2)cc1. The Labute approximate surface area is 253 Å². The monoisotopic (exact) mass is 583 g/mol. The average Bonchev–Trinajstić information content (AvgIpc) is 3.49. The van der Waals surface area contributed by atoms with Crippen molar-refractivity contribution in [2.24, 2.45) is 11.0 Å². The highest BCUT2D eigenvalue weighted by Gasteiger charge is 2.38. The molecule has 3 amide bonds. The lowest BCUT2D eigenvalue weighted by Crippen LogP contribution is -2.58. The maximum Gasteiger partial charge on any atom is 0.271 e. The van der Waals surface area contributed by atoms with Crippen molar-refractivity contribution in [2.45, 2.75) is 0 Å². The molecule has 1 aromatic heterocycles. The van der Waals surface area contributed by atoms with Gasteiger partial charge in [0.25, 0.3) is 11.8 Å². The van der Waals surface area contributed by atoms with Gasteiger partial charge < -0.3 is 9.88 Å². The zero-order valence-electron chi connectivity index (χ0n) is 22.8. The van der Waals surface area contributed by atoms with Crippen molar-refractivity contribution in [3.8, 4) is 28.2 Å². The van der Waals surface area contributed by atoms with Crippen LogP contribution in [-0.4, -0.2) is 33.6 Å². The molecule has 0 radical (unpaired) electrons. The van der Waals surface area contributed by atoms with Gasteiger partial charge in [-0.2, -0.15) is 5.10 Å². The number of carbonyl (C=O) groups excluding carboxylic acids is 3. The quantitative estimate of drug-likeness (QED) is 0.113. The molecule has 8 nitrogen and oxygen atoms in total. The molecule has 1 fully saturated rings. The van der Waals surface area contributed by atoms with Gasteiger partial charge in [-0.05, 0) is 71.9 Å². The first-order valence-electron chi connectivity index (χ1n) is 13.5. The summed E-state index contributed by atoms with van der Waals surface area (Å²) >= 11 is 5.20. The number of aromatic nitrogens is 1. The van der Waals surface area contributed by atoms with Crippen LogP contribution in [0.25, 0.3) is 28.2 Å². The van der Waals surface area contributed by atoms with Crippen LogP contribution in [0.1, 0.15) is 10.4 Å². The number of carbonyl (C=O) groups is 3. The second-order valence-electron chi connectivity index (χ2n) is 9.72. The van der Waals surface area contributed by atoms with Crippen LogP contribution in [0.5, 0.6) is 0 Å². The highest BCUT2D eigenvalue weighted by Crippen LogP contribution is 2.32. The Bertz CT molecular complexity index is 1780. The van der Waals surface area contributed by atoms with Crippen molar-refractivity contribution in [1.29, 1.82) is 0 Å². The molecule has 0 bridgehead atoms. The number of hydrogen-bond acceptors (Lipinski definition) is 5. The smallest absolute Gasteiger partial charge is 0.271 e. The minimum atomic E-state index is -1.25. The summed E-state index contributed by atoms with van der Waals surface area (Å²) in [5.74, 6) is -2.91. The van der Waals surface area contributed by atoms with Gasteiger partial charge in [0.15, 0.2) is 11.0 Å². The van der Waals surface area contributed by atoms with Gasteiger partial charge in [-0.15, -0.1) is 0 Å². The minimum Gasteiger partial charge on any atom is -0.309 e. The Balaban J connectivity index is 1.21. The van der Waals surface area contributed by atoms with Crippen LogP contribution in [0.3, 0.4) is 0 Å². The molecule has 0 saturated carbocycles. The summed E-state index contributed by atoms with van der Waals surface area (Å²) in [7, 11) is 0. The summed E-state index contributed by atoms with van der Waals surface area (Å²) in [5.41, 5.74) is 8.34. The van der Waals surface area contributed by atoms with E-state index in [0.717, 1.165) is 34.4 Å². The number of nitrogens with zero attached hydrogens (tertiary/aromatic N) is 3. The molecule has 2 N–H and O–H groups in total. The van der Waals surface area contributed by atoms with Gasteiger partial charge in [0.2, 0.25) is 5.91 Å². The fraction of sp³-hybridized carbons (Fsp3) is 0.0294. The van der Waals surface area contributed by atoms with Gasteiger partial charge in [0.1, 0.15) is 0 Å². The van der Waals surface area contributed by atoms with E-state index in [2.05, 4.69) is 56.8 Å². The number of rotatable bonds is 7. The molecule has 9 heteroatoms. The number of thiocarbonyl (C=S) groups is 1. The second-order valence-corrected chi connectivity index (χ2v) is 10.1. The number of benzene rings is 4. The van der Waals surface area contributed by atoms with E-state index in [1.54, 1.807) is 36.4 Å². The van der Waals surface area contributed by atoms with Crippen LogP contribution in [0.15, 0.2) is 132 Å². The maximum atomic E-state index is 13.1. The van der Waals surface area contributed by atoms with Crippen molar-refractivity contribution in [1.82, 2.24) is 15.3 Å². The van der Waals surface area contributed by atoms with Gasteiger partial charge >= 0.3 is 0 Å². The number of nitrogens with one attached hydrogen (secondary N) is 2. The normalized spacial score (nSPS) is 15.0. The predicted molar refractivity (Wildman–Crippen MR) is 171 cm³/mol. The molecule has 43 heavy (non-hydrogen) atoms. The van der Waals surface area contributed by atoms with E-state index < -0.39 is 23.6 Å². The summed E-state index contributed by atoms with van der Waals surface area (Å²) < 4.78 is 2.15. The number of para-hydroxylation sites is 1. The topological polar surface area (TPSA) is 95.8 Å². The van der Waals surface area contributed by atoms with Gasteiger partial charge in [-0.25, -0.2) is 5.43 Å². The molecule has 6 rings (SSSR count). The zero-order valence-corrected chi connectivity index (χ0v) is 23.6. The van der Waals surface area contributed by atoms with E-state index in [0.29, 0.717) is 11.3 Å². The first-order valence-corrected chi connectivity index (χ1v) is 13.9. The number of hydrogen-bond donors (Lipinski definition) is 2. The van der Waals surface area contributed by atoms with E-state index in [1.807, 2.05) is 54.6 Å². The van der Waals surface area contributed by atoms with Crippen LogP contribution >= 0.6 is 12.2 Å². The highest BCUT2D eigenvalue weighted by atomic mass is 32.1. The molecule has 1 atom stereocenters. The van der Waals surface area contributed by atoms with Crippen LogP contribution in [0.2, 0.25) is 0 Å². The average molecular weight is 584 g/mol. The Hall–Kier alpha value is -5.67. The summed E-state index contributed by atoms with van der Waals surface area (Å²) in [5, 5.41) is 6.43. The van der Waals surface area contributed by atoms with E-state index in [4.69, 9.17) is 12.2 Å². The summed E-state index contributed by atoms with van der Waals surface area (Å²) in [6, 6.07) is 40.3. The summed E-state index contributed by atoms with van der Waals surface area (Å²) in [4.78, 5) is 39.7. The third-order valence-electron chi connectivity index (χ3n) is 7.01. The van der Waals surface area contributed by atoms with E-state index in [9.17, 15) is 14.4 Å². The number of amides is 3. The summed E-state index contributed by atoms with van der Waals surface area (Å²) in [6.45, 7) is 0. The Morgan fingerprint density at radius 2 is 1.26 bits per heavy atom. The number of hydrazone groups is 1. The van der Waals surface area contributed by atoms with Gasteiger partial charge in [-0.3, -0.25) is 19.3 Å². The minimum absolute atomic E-state index is 0.0106. The molecule has 5 aromatic rings. The highest BCUT2D eigenvalue weighted by molar-refractivity contribution is 7.80. The first kappa shape index (κ1) is 27.5. The molecular weight excluding hydrogens is 558 g/mol. The molecule has 0 spiro atoms. The fourth-order valence-corrected chi connectivity index (χ4v) is 5.22. The van der Waals surface area contributed by atoms with Crippen LogP contribution in [0, 0.1) is 5.92 Å². The Kier molecular flexibility index (Phi) is 7.71. The van der Waals surface area contributed by atoms with Crippen molar-refractivity contribution in [2.75, 3.05) is 4.90 Å². The van der Waals surface area contributed by atoms with E-state index in [-0.39, 0.29) is 5.11 Å². The van der Waals surface area contributed by atoms with Crippen molar-refractivity contribution >= 4 is 47.0 Å². The molecule has 4 aromatic carbocycles.